The van der Waals surface area contributed by atoms with Gasteiger partial charge in [0.2, 0.25) is 11.1 Å². The summed E-state index contributed by atoms with van der Waals surface area (Å²) in [4.78, 5) is 25.6. The van der Waals surface area contributed by atoms with Crippen LogP contribution in [0.1, 0.15) is 52.5 Å². The number of aromatic nitrogens is 4. The number of nitrogens with one attached hydrogen (secondary N) is 1. The normalized spacial score (nSPS) is 12.7. The highest BCUT2D eigenvalue weighted by molar-refractivity contribution is 7.99. The van der Waals surface area contributed by atoms with Crippen molar-refractivity contribution in [2.45, 2.75) is 50.6 Å². The molecule has 0 atom stereocenters. The molecule has 1 aliphatic rings. The molecule has 162 valence electrons. The number of carbonyl (C=O) groups is 2. The second kappa shape index (κ2) is 9.61. The van der Waals surface area contributed by atoms with Crippen LogP contribution in [0.3, 0.4) is 0 Å². The van der Waals surface area contributed by atoms with Crippen LogP contribution in [0.5, 0.6) is 0 Å². The van der Waals surface area contributed by atoms with Crippen LogP contribution in [-0.4, -0.2) is 37.8 Å². The molecule has 2 heterocycles. The number of rotatable bonds is 9. The maximum Gasteiger partial charge on any atom is 0.251 e. The van der Waals surface area contributed by atoms with Crippen molar-refractivity contribution >= 4 is 39.9 Å². The van der Waals surface area contributed by atoms with Crippen LogP contribution in [0.25, 0.3) is 5.69 Å². The van der Waals surface area contributed by atoms with Crippen molar-refractivity contribution in [2.75, 3.05) is 11.1 Å². The molecule has 1 aromatic carbocycles. The summed E-state index contributed by atoms with van der Waals surface area (Å²) in [6.07, 6.45) is 6.15. The molecule has 10 heteroatoms. The van der Waals surface area contributed by atoms with Gasteiger partial charge in [-0.2, -0.15) is 4.68 Å². The van der Waals surface area contributed by atoms with E-state index in [1.54, 1.807) is 4.68 Å². The number of fused-ring (bicyclic) bond motifs is 1. The first-order chi connectivity index (χ1) is 15.1. The smallest absolute Gasteiger partial charge is 0.251 e. The highest BCUT2D eigenvalue weighted by Crippen LogP contribution is 2.38. The Morgan fingerprint density at radius 1 is 1.26 bits per heavy atom. The van der Waals surface area contributed by atoms with Crippen LogP contribution in [0, 0.1) is 0 Å². The van der Waals surface area contributed by atoms with Gasteiger partial charge in [-0.3, -0.25) is 9.59 Å². The zero-order valence-electron chi connectivity index (χ0n) is 17.3. The van der Waals surface area contributed by atoms with E-state index in [0.29, 0.717) is 15.7 Å². The largest absolute Gasteiger partial charge is 0.365 e. The SMILES string of the molecule is CCCCc1ccc(-n2nnnc2SCC(=O)Nc2sc3c(c2C(N)=O)CCC3)cc1. The van der Waals surface area contributed by atoms with E-state index in [9.17, 15) is 9.59 Å². The Morgan fingerprint density at radius 3 is 2.81 bits per heavy atom. The average molecular weight is 457 g/mol. The summed E-state index contributed by atoms with van der Waals surface area (Å²) in [7, 11) is 0. The number of primary amides is 1. The number of aryl methyl sites for hydroxylation is 2. The molecule has 8 nitrogen and oxygen atoms in total. The quantitative estimate of drug-likeness (QED) is 0.477. The Labute approximate surface area is 188 Å². The third-order valence-electron chi connectivity index (χ3n) is 5.19. The third-order valence-corrected chi connectivity index (χ3v) is 7.32. The molecular formula is C21H24N6O2S2. The number of hydrogen-bond donors (Lipinski definition) is 2. The molecule has 0 bridgehead atoms. The molecule has 0 saturated heterocycles. The lowest BCUT2D eigenvalue weighted by Crippen LogP contribution is -2.19. The summed E-state index contributed by atoms with van der Waals surface area (Å²) in [5, 5.41) is 15.8. The molecule has 1 aliphatic carbocycles. The third kappa shape index (κ3) is 4.80. The predicted molar refractivity (Wildman–Crippen MR) is 122 cm³/mol. The van der Waals surface area contributed by atoms with Crippen molar-refractivity contribution in [3.05, 3.63) is 45.8 Å². The molecule has 0 unspecified atom stereocenters. The minimum absolute atomic E-state index is 0.121. The number of unbranched alkanes of at least 4 members (excludes halogenated alkanes) is 1. The zero-order valence-corrected chi connectivity index (χ0v) is 18.9. The van der Waals surface area contributed by atoms with Crippen LogP contribution < -0.4 is 11.1 Å². The van der Waals surface area contributed by atoms with Gasteiger partial charge in [0, 0.05) is 4.88 Å². The Kier molecular flexibility index (Phi) is 6.67. The second-order valence-electron chi connectivity index (χ2n) is 7.41. The molecule has 0 spiro atoms. The van der Waals surface area contributed by atoms with E-state index in [1.807, 2.05) is 12.1 Å². The Bertz CT molecular complexity index is 1090. The van der Waals surface area contributed by atoms with Gasteiger partial charge in [-0.25, -0.2) is 0 Å². The van der Waals surface area contributed by atoms with Gasteiger partial charge in [-0.1, -0.05) is 37.2 Å². The summed E-state index contributed by atoms with van der Waals surface area (Å²) in [5.41, 5.74) is 9.14. The average Bonchev–Trinajstić information content (AvgIpc) is 3.46. The molecular weight excluding hydrogens is 432 g/mol. The molecule has 0 radical (unpaired) electrons. The van der Waals surface area contributed by atoms with Crippen LogP contribution in [0.2, 0.25) is 0 Å². The lowest BCUT2D eigenvalue weighted by Gasteiger charge is -2.07. The Morgan fingerprint density at radius 2 is 2.06 bits per heavy atom. The van der Waals surface area contributed by atoms with E-state index < -0.39 is 5.91 Å². The molecule has 0 saturated carbocycles. The minimum Gasteiger partial charge on any atom is -0.365 e. The van der Waals surface area contributed by atoms with Crippen molar-refractivity contribution < 1.29 is 9.59 Å². The van der Waals surface area contributed by atoms with Gasteiger partial charge in [-0.05, 0) is 65.8 Å². The number of nitrogens with zero attached hydrogens (tertiary/aromatic N) is 4. The zero-order chi connectivity index (χ0) is 21.8. The fraction of sp³-hybridized carbons (Fsp3) is 0.381. The highest BCUT2D eigenvalue weighted by Gasteiger charge is 2.26. The number of nitrogens with two attached hydrogens (primary N) is 1. The molecule has 0 fully saturated rings. The number of thiophene rings is 1. The number of carbonyl (C=O) groups excluding carboxylic acids is 2. The van der Waals surface area contributed by atoms with Crippen molar-refractivity contribution in [2.24, 2.45) is 5.73 Å². The number of amides is 2. The first-order valence-electron chi connectivity index (χ1n) is 10.3. The minimum atomic E-state index is -0.492. The number of tetrazole rings is 1. The molecule has 3 N–H and O–H groups in total. The fourth-order valence-corrected chi connectivity index (χ4v) is 5.66. The van der Waals surface area contributed by atoms with Gasteiger partial charge in [0.05, 0.1) is 17.0 Å². The summed E-state index contributed by atoms with van der Waals surface area (Å²) in [6.45, 7) is 2.18. The molecule has 2 aromatic heterocycles. The van der Waals surface area contributed by atoms with Crippen molar-refractivity contribution in [1.29, 1.82) is 0 Å². The van der Waals surface area contributed by atoms with Gasteiger partial charge in [0.25, 0.3) is 5.91 Å². The first kappa shape index (κ1) is 21.5. The lowest BCUT2D eigenvalue weighted by atomic mass is 10.1. The van der Waals surface area contributed by atoms with Crippen LogP contribution in [0.4, 0.5) is 5.00 Å². The van der Waals surface area contributed by atoms with Gasteiger partial charge in [0.15, 0.2) is 0 Å². The summed E-state index contributed by atoms with van der Waals surface area (Å²) in [6, 6.07) is 8.12. The van der Waals surface area contributed by atoms with Crippen LogP contribution in [0.15, 0.2) is 29.4 Å². The topological polar surface area (TPSA) is 116 Å². The van der Waals surface area contributed by atoms with Gasteiger partial charge in [0.1, 0.15) is 5.00 Å². The predicted octanol–water partition coefficient (Wildman–Crippen LogP) is 3.38. The molecule has 3 aromatic rings. The monoisotopic (exact) mass is 456 g/mol. The van der Waals surface area contributed by atoms with E-state index in [1.165, 1.54) is 28.7 Å². The van der Waals surface area contributed by atoms with Crippen molar-refractivity contribution in [3.63, 3.8) is 0 Å². The van der Waals surface area contributed by atoms with Gasteiger partial charge >= 0.3 is 0 Å². The van der Waals surface area contributed by atoms with Crippen LogP contribution >= 0.6 is 23.1 Å². The first-order valence-corrected chi connectivity index (χ1v) is 12.1. The summed E-state index contributed by atoms with van der Waals surface area (Å²) in [5.74, 6) is -0.596. The van der Waals surface area contributed by atoms with E-state index in [4.69, 9.17) is 5.73 Å². The van der Waals surface area contributed by atoms with E-state index in [0.717, 1.165) is 54.7 Å². The lowest BCUT2D eigenvalue weighted by molar-refractivity contribution is -0.113. The maximum absolute atomic E-state index is 12.5. The molecule has 0 aliphatic heterocycles. The van der Waals surface area contributed by atoms with Crippen molar-refractivity contribution in [1.82, 2.24) is 20.2 Å². The number of benzene rings is 1. The second-order valence-corrected chi connectivity index (χ2v) is 9.45. The summed E-state index contributed by atoms with van der Waals surface area (Å²) < 4.78 is 1.62. The fourth-order valence-electron chi connectivity index (χ4n) is 3.66. The number of anilines is 1. The van der Waals surface area contributed by atoms with Gasteiger partial charge < -0.3 is 11.1 Å². The molecule has 2 amide bonds. The summed E-state index contributed by atoms with van der Waals surface area (Å²) >= 11 is 2.69. The van der Waals surface area contributed by atoms with Crippen molar-refractivity contribution in [3.8, 4) is 5.69 Å². The maximum atomic E-state index is 12.5. The van der Waals surface area contributed by atoms with Gasteiger partial charge in [-0.15, -0.1) is 16.4 Å². The van der Waals surface area contributed by atoms with E-state index in [-0.39, 0.29) is 11.7 Å². The van der Waals surface area contributed by atoms with E-state index in [2.05, 4.69) is 39.9 Å². The van der Waals surface area contributed by atoms with Crippen LogP contribution in [-0.2, 0) is 24.1 Å². The highest BCUT2D eigenvalue weighted by atomic mass is 32.2. The number of hydrogen-bond acceptors (Lipinski definition) is 7. The Balaban J connectivity index is 1.40. The molecule has 31 heavy (non-hydrogen) atoms. The standard InChI is InChI=1S/C21H24N6O2S2/c1-2-3-5-13-8-10-14(11-9-13)27-21(24-25-26-27)30-12-17(28)23-20-18(19(22)29)15-6-4-7-16(15)31-20/h8-11H,2-7,12H2,1H3,(H2,22,29)(H,23,28). The Hall–Kier alpha value is -2.72. The van der Waals surface area contributed by atoms with E-state index >= 15 is 0 Å². The number of thioether (sulfide) groups is 1. The molecule has 4 rings (SSSR count).